The van der Waals surface area contributed by atoms with Crippen molar-refractivity contribution in [3.05, 3.63) is 59.2 Å². The quantitative estimate of drug-likeness (QED) is 0.667. The molecule has 3 atom stereocenters. The summed E-state index contributed by atoms with van der Waals surface area (Å²) >= 11 is 0. The molecule has 1 amide bonds. The summed E-state index contributed by atoms with van der Waals surface area (Å²) in [4.78, 5) is 25.4. The zero-order valence-electron chi connectivity index (χ0n) is 19.5. The van der Waals surface area contributed by atoms with E-state index < -0.39 is 5.41 Å². The number of anilines is 1. The number of benzene rings is 2. The van der Waals surface area contributed by atoms with Gasteiger partial charge in [-0.15, -0.1) is 0 Å². The van der Waals surface area contributed by atoms with E-state index in [1.807, 2.05) is 30.3 Å². The number of hydrogen-bond acceptors (Lipinski definition) is 4. The first-order valence-electron chi connectivity index (χ1n) is 11.5. The van der Waals surface area contributed by atoms with Crippen molar-refractivity contribution in [2.75, 3.05) is 19.5 Å². The number of hydrogen-bond donors (Lipinski definition) is 1. The molecule has 0 bridgehead atoms. The average molecular weight is 436 g/mol. The lowest BCUT2D eigenvalue weighted by Gasteiger charge is -2.54. The SMILES string of the molecule is COC(=O)[C@@]1(C)CCC[C@]2(C)c3cc(OC)c(NC(=O)Cc4ccccc4)cc3CC[C@@H]12. The Morgan fingerprint density at radius 1 is 1.09 bits per heavy atom. The molecule has 1 fully saturated rings. The Labute approximate surface area is 190 Å². The number of fused-ring (bicyclic) bond motifs is 3. The normalized spacial score (nSPS) is 26.4. The Bertz CT molecular complexity index is 1020. The highest BCUT2D eigenvalue weighted by atomic mass is 16.5. The monoisotopic (exact) mass is 435 g/mol. The second-order valence-electron chi connectivity index (χ2n) is 9.69. The molecule has 5 nitrogen and oxygen atoms in total. The minimum atomic E-state index is -0.477. The van der Waals surface area contributed by atoms with Crippen LogP contribution in [0.5, 0.6) is 5.75 Å². The summed E-state index contributed by atoms with van der Waals surface area (Å²) in [5.41, 5.74) is 3.54. The molecule has 0 unspecified atom stereocenters. The fraction of sp³-hybridized carbons (Fsp3) is 0.481. The molecule has 0 spiro atoms. The van der Waals surface area contributed by atoms with Crippen LogP contribution in [0.2, 0.25) is 0 Å². The van der Waals surface area contributed by atoms with Crippen molar-refractivity contribution >= 4 is 17.6 Å². The maximum absolute atomic E-state index is 12.8. The summed E-state index contributed by atoms with van der Waals surface area (Å²) < 4.78 is 10.9. The van der Waals surface area contributed by atoms with Crippen molar-refractivity contribution in [2.24, 2.45) is 11.3 Å². The van der Waals surface area contributed by atoms with Crippen LogP contribution in [-0.4, -0.2) is 26.1 Å². The van der Waals surface area contributed by atoms with Gasteiger partial charge in [0.05, 0.1) is 31.7 Å². The molecule has 0 saturated heterocycles. The van der Waals surface area contributed by atoms with E-state index in [0.29, 0.717) is 17.9 Å². The highest BCUT2D eigenvalue weighted by molar-refractivity contribution is 5.94. The van der Waals surface area contributed by atoms with Gasteiger partial charge in [-0.1, -0.05) is 43.7 Å². The number of methoxy groups -OCH3 is 2. The number of esters is 1. The number of rotatable bonds is 5. The summed E-state index contributed by atoms with van der Waals surface area (Å²) in [5.74, 6) is 0.711. The van der Waals surface area contributed by atoms with E-state index in [9.17, 15) is 9.59 Å². The summed E-state index contributed by atoms with van der Waals surface area (Å²) in [6.45, 7) is 4.35. The number of carbonyl (C=O) groups is 2. The smallest absolute Gasteiger partial charge is 0.311 e. The van der Waals surface area contributed by atoms with Crippen molar-refractivity contribution in [1.29, 1.82) is 0 Å². The van der Waals surface area contributed by atoms with Gasteiger partial charge in [-0.25, -0.2) is 0 Å². The van der Waals surface area contributed by atoms with Crippen LogP contribution in [0.25, 0.3) is 0 Å². The van der Waals surface area contributed by atoms with E-state index in [-0.39, 0.29) is 23.2 Å². The lowest BCUT2D eigenvalue weighted by atomic mass is 9.50. The third kappa shape index (κ3) is 3.78. The lowest BCUT2D eigenvalue weighted by Crippen LogP contribution is -2.52. The average Bonchev–Trinajstić information content (AvgIpc) is 2.78. The molecule has 2 aliphatic rings. The molecular weight excluding hydrogens is 402 g/mol. The molecule has 2 aliphatic carbocycles. The highest BCUT2D eigenvalue weighted by Gasteiger charge is 2.55. The summed E-state index contributed by atoms with van der Waals surface area (Å²) in [5, 5.41) is 3.05. The highest BCUT2D eigenvalue weighted by Crippen LogP contribution is 2.58. The summed E-state index contributed by atoms with van der Waals surface area (Å²) in [6, 6.07) is 13.9. The summed E-state index contributed by atoms with van der Waals surface area (Å²) in [7, 11) is 3.13. The maximum Gasteiger partial charge on any atom is 0.311 e. The molecule has 0 aromatic heterocycles. The molecule has 2 aromatic carbocycles. The van der Waals surface area contributed by atoms with E-state index in [2.05, 4.69) is 31.3 Å². The maximum atomic E-state index is 12.8. The van der Waals surface area contributed by atoms with Crippen LogP contribution in [0.1, 0.15) is 56.2 Å². The van der Waals surface area contributed by atoms with Crippen LogP contribution in [0, 0.1) is 11.3 Å². The molecule has 32 heavy (non-hydrogen) atoms. The van der Waals surface area contributed by atoms with Crippen molar-refractivity contribution in [3.8, 4) is 5.75 Å². The number of nitrogens with one attached hydrogen (secondary N) is 1. The number of amides is 1. The molecule has 170 valence electrons. The van der Waals surface area contributed by atoms with E-state index in [4.69, 9.17) is 9.47 Å². The predicted molar refractivity (Wildman–Crippen MR) is 125 cm³/mol. The van der Waals surface area contributed by atoms with E-state index in [0.717, 1.165) is 37.7 Å². The van der Waals surface area contributed by atoms with Gasteiger partial charge in [-0.05, 0) is 72.8 Å². The van der Waals surface area contributed by atoms with Crippen LogP contribution >= 0.6 is 0 Å². The minimum Gasteiger partial charge on any atom is -0.495 e. The Morgan fingerprint density at radius 2 is 1.84 bits per heavy atom. The minimum absolute atomic E-state index is 0.0646. The van der Waals surface area contributed by atoms with Gasteiger partial charge in [-0.3, -0.25) is 9.59 Å². The third-order valence-electron chi connectivity index (χ3n) is 7.81. The number of aryl methyl sites for hydroxylation is 1. The molecule has 4 rings (SSSR count). The predicted octanol–water partition coefficient (Wildman–Crippen LogP) is 5.06. The van der Waals surface area contributed by atoms with Crippen LogP contribution in [0.15, 0.2) is 42.5 Å². The number of ether oxygens (including phenoxy) is 2. The Morgan fingerprint density at radius 3 is 2.53 bits per heavy atom. The molecule has 5 heteroatoms. The van der Waals surface area contributed by atoms with Gasteiger partial charge in [-0.2, -0.15) is 0 Å². The van der Waals surface area contributed by atoms with Gasteiger partial charge >= 0.3 is 5.97 Å². The first kappa shape index (κ1) is 22.4. The lowest BCUT2D eigenvalue weighted by molar-refractivity contribution is -0.161. The summed E-state index contributed by atoms with van der Waals surface area (Å²) in [6.07, 6.45) is 4.99. The zero-order chi connectivity index (χ0) is 22.9. The van der Waals surface area contributed by atoms with E-state index >= 15 is 0 Å². The first-order valence-corrected chi connectivity index (χ1v) is 11.5. The van der Waals surface area contributed by atoms with Gasteiger partial charge in [0.1, 0.15) is 5.75 Å². The molecule has 0 aliphatic heterocycles. The van der Waals surface area contributed by atoms with Crippen LogP contribution in [0.3, 0.4) is 0 Å². The first-order chi connectivity index (χ1) is 15.3. The molecule has 0 radical (unpaired) electrons. The molecule has 2 aromatic rings. The second-order valence-corrected chi connectivity index (χ2v) is 9.69. The van der Waals surface area contributed by atoms with Gasteiger partial charge in [0.25, 0.3) is 0 Å². The number of carbonyl (C=O) groups excluding carboxylic acids is 2. The van der Waals surface area contributed by atoms with Gasteiger partial charge in [0.2, 0.25) is 5.91 Å². The van der Waals surface area contributed by atoms with Gasteiger partial charge in [0.15, 0.2) is 0 Å². The fourth-order valence-corrected chi connectivity index (χ4v) is 6.22. The Balaban J connectivity index is 1.65. The topological polar surface area (TPSA) is 64.6 Å². The van der Waals surface area contributed by atoms with Crippen LogP contribution < -0.4 is 10.1 Å². The van der Waals surface area contributed by atoms with Crippen LogP contribution in [0.4, 0.5) is 5.69 Å². The zero-order valence-corrected chi connectivity index (χ0v) is 19.5. The third-order valence-corrected chi connectivity index (χ3v) is 7.81. The van der Waals surface area contributed by atoms with Crippen molar-refractivity contribution in [3.63, 3.8) is 0 Å². The van der Waals surface area contributed by atoms with Gasteiger partial charge in [0, 0.05) is 0 Å². The Kier molecular flexibility index (Phi) is 6.02. The second kappa shape index (κ2) is 8.61. The van der Waals surface area contributed by atoms with E-state index in [1.54, 1.807) is 7.11 Å². The van der Waals surface area contributed by atoms with E-state index in [1.165, 1.54) is 18.2 Å². The molecule has 0 heterocycles. The van der Waals surface area contributed by atoms with Crippen molar-refractivity contribution in [1.82, 2.24) is 0 Å². The standard InChI is InChI=1S/C27H33NO4/c1-26-13-8-14-27(2,25(30)32-4)23(26)12-11-19-16-21(22(31-3)17-20(19)26)28-24(29)15-18-9-6-5-7-10-18/h5-7,9-10,16-17,23H,8,11-15H2,1-4H3,(H,28,29)/t23-,26-,27+/m1/s1. The van der Waals surface area contributed by atoms with Crippen molar-refractivity contribution < 1.29 is 19.1 Å². The Hall–Kier alpha value is -2.82. The molecule has 1 N–H and O–H groups in total. The molecule has 1 saturated carbocycles. The van der Waals surface area contributed by atoms with Crippen LogP contribution in [-0.2, 0) is 32.6 Å². The largest absolute Gasteiger partial charge is 0.495 e. The van der Waals surface area contributed by atoms with Gasteiger partial charge < -0.3 is 14.8 Å². The molecular formula is C27H33NO4. The van der Waals surface area contributed by atoms with Crippen molar-refractivity contribution in [2.45, 2.75) is 57.8 Å². The fourth-order valence-electron chi connectivity index (χ4n) is 6.22.